The number of hydrogen-bond acceptors (Lipinski definition) is 2. The molecule has 0 atom stereocenters. The van der Waals surface area contributed by atoms with Gasteiger partial charge in [-0.3, -0.25) is 0 Å². The molecule has 0 fully saturated rings. The van der Waals surface area contributed by atoms with E-state index in [-0.39, 0.29) is 0 Å². The van der Waals surface area contributed by atoms with Crippen molar-refractivity contribution in [3.8, 4) is 0 Å². The Balaban J connectivity index is 2.02. The number of thioether (sulfide) groups is 1. The Labute approximate surface area is 126 Å². The summed E-state index contributed by atoms with van der Waals surface area (Å²) in [5, 5.41) is 3.50. The molecule has 2 rings (SSSR count). The fraction of sp³-hybridized carbons (Fsp3) is 0.333. The summed E-state index contributed by atoms with van der Waals surface area (Å²) in [7, 11) is 0. The molecule has 0 aliphatic rings. The molecule has 0 heterocycles. The summed E-state index contributed by atoms with van der Waals surface area (Å²) in [4.78, 5) is 1.39. The van der Waals surface area contributed by atoms with Crippen LogP contribution in [0, 0.1) is 6.92 Å². The van der Waals surface area contributed by atoms with Gasteiger partial charge in [-0.05, 0) is 37.1 Å². The van der Waals surface area contributed by atoms with Crippen LogP contribution in [-0.4, -0.2) is 6.54 Å². The van der Waals surface area contributed by atoms with Crippen molar-refractivity contribution in [1.29, 1.82) is 0 Å². The van der Waals surface area contributed by atoms with E-state index in [2.05, 4.69) is 67.7 Å². The maximum absolute atomic E-state index is 3.50. The van der Waals surface area contributed by atoms with Crippen molar-refractivity contribution in [2.45, 2.75) is 37.5 Å². The SMILES string of the molecule is CCCNCc1cc(C)ccc1SCc1ccccc1. The Morgan fingerprint density at radius 2 is 1.85 bits per heavy atom. The molecule has 0 radical (unpaired) electrons. The average Bonchev–Trinajstić information content (AvgIpc) is 2.48. The quantitative estimate of drug-likeness (QED) is 0.580. The van der Waals surface area contributed by atoms with Crippen LogP contribution >= 0.6 is 11.8 Å². The smallest absolute Gasteiger partial charge is 0.0232 e. The van der Waals surface area contributed by atoms with Crippen LogP contribution in [0.1, 0.15) is 30.0 Å². The van der Waals surface area contributed by atoms with Gasteiger partial charge in [-0.25, -0.2) is 0 Å². The highest BCUT2D eigenvalue weighted by Crippen LogP contribution is 2.27. The standard InChI is InChI=1S/C18H23NS/c1-3-11-19-13-17-12-15(2)9-10-18(17)20-14-16-7-5-4-6-8-16/h4-10,12,19H,3,11,13-14H2,1-2H3. The first-order valence-corrected chi connectivity index (χ1v) is 8.25. The second-order valence-electron chi connectivity index (χ2n) is 5.06. The van der Waals surface area contributed by atoms with E-state index >= 15 is 0 Å². The topological polar surface area (TPSA) is 12.0 Å². The molecule has 0 unspecified atom stereocenters. The molecular formula is C18H23NS. The van der Waals surface area contributed by atoms with E-state index in [0.29, 0.717) is 0 Å². The van der Waals surface area contributed by atoms with Gasteiger partial charge in [-0.1, -0.05) is 55.0 Å². The normalized spacial score (nSPS) is 10.7. The van der Waals surface area contributed by atoms with Crippen molar-refractivity contribution in [3.05, 3.63) is 65.2 Å². The molecule has 2 aromatic rings. The molecule has 1 N–H and O–H groups in total. The lowest BCUT2D eigenvalue weighted by Gasteiger charge is -2.11. The van der Waals surface area contributed by atoms with Gasteiger partial charge in [0.2, 0.25) is 0 Å². The first-order valence-electron chi connectivity index (χ1n) is 7.26. The molecule has 20 heavy (non-hydrogen) atoms. The zero-order chi connectivity index (χ0) is 14.2. The Hall–Kier alpha value is -1.25. The van der Waals surface area contributed by atoms with Crippen molar-refractivity contribution >= 4 is 11.8 Å². The largest absolute Gasteiger partial charge is 0.313 e. The lowest BCUT2D eigenvalue weighted by atomic mass is 10.1. The first-order chi connectivity index (χ1) is 9.79. The van der Waals surface area contributed by atoms with Gasteiger partial charge < -0.3 is 5.32 Å². The monoisotopic (exact) mass is 285 g/mol. The molecule has 1 nitrogen and oxygen atoms in total. The minimum atomic E-state index is 0.965. The van der Waals surface area contributed by atoms with Crippen molar-refractivity contribution < 1.29 is 0 Å². The molecule has 0 saturated heterocycles. The molecule has 2 heteroatoms. The maximum atomic E-state index is 3.50. The van der Waals surface area contributed by atoms with E-state index in [1.165, 1.54) is 28.0 Å². The third-order valence-corrected chi connectivity index (χ3v) is 4.38. The van der Waals surface area contributed by atoms with Gasteiger partial charge in [0, 0.05) is 17.2 Å². The molecule has 0 saturated carbocycles. The Morgan fingerprint density at radius 3 is 2.60 bits per heavy atom. The van der Waals surface area contributed by atoms with Crippen LogP contribution in [0.15, 0.2) is 53.4 Å². The summed E-state index contributed by atoms with van der Waals surface area (Å²) in [6, 6.07) is 17.4. The van der Waals surface area contributed by atoms with E-state index < -0.39 is 0 Å². The van der Waals surface area contributed by atoms with Gasteiger partial charge in [-0.15, -0.1) is 11.8 Å². The number of hydrogen-bond donors (Lipinski definition) is 1. The Kier molecular flexibility index (Phi) is 6.16. The number of nitrogens with one attached hydrogen (secondary N) is 1. The van der Waals surface area contributed by atoms with Gasteiger partial charge in [0.1, 0.15) is 0 Å². The average molecular weight is 285 g/mol. The second-order valence-corrected chi connectivity index (χ2v) is 6.08. The van der Waals surface area contributed by atoms with Crippen LogP contribution in [0.25, 0.3) is 0 Å². The van der Waals surface area contributed by atoms with Crippen LogP contribution in [0.3, 0.4) is 0 Å². The Morgan fingerprint density at radius 1 is 1.05 bits per heavy atom. The zero-order valence-corrected chi connectivity index (χ0v) is 13.2. The van der Waals surface area contributed by atoms with E-state index in [1.807, 2.05) is 11.8 Å². The zero-order valence-electron chi connectivity index (χ0n) is 12.4. The number of benzene rings is 2. The van der Waals surface area contributed by atoms with Gasteiger partial charge in [0.15, 0.2) is 0 Å². The summed E-state index contributed by atoms with van der Waals surface area (Å²) in [5.74, 6) is 1.03. The first kappa shape index (κ1) is 15.1. The van der Waals surface area contributed by atoms with Crippen molar-refractivity contribution in [2.75, 3.05) is 6.54 Å². The van der Waals surface area contributed by atoms with Crippen molar-refractivity contribution in [3.63, 3.8) is 0 Å². The van der Waals surface area contributed by atoms with E-state index in [9.17, 15) is 0 Å². The third kappa shape index (κ3) is 4.69. The summed E-state index contributed by atoms with van der Waals surface area (Å²) >= 11 is 1.93. The highest BCUT2D eigenvalue weighted by molar-refractivity contribution is 7.98. The molecule has 0 aliphatic carbocycles. The molecular weight excluding hydrogens is 262 g/mol. The van der Waals surface area contributed by atoms with Crippen molar-refractivity contribution in [2.24, 2.45) is 0 Å². The van der Waals surface area contributed by atoms with E-state index in [1.54, 1.807) is 0 Å². The second kappa shape index (κ2) is 8.13. The fourth-order valence-corrected chi connectivity index (χ4v) is 3.12. The van der Waals surface area contributed by atoms with Crippen LogP contribution in [0.4, 0.5) is 0 Å². The highest BCUT2D eigenvalue weighted by Gasteiger charge is 2.04. The van der Waals surface area contributed by atoms with Gasteiger partial charge in [0.05, 0.1) is 0 Å². The van der Waals surface area contributed by atoms with Crippen LogP contribution < -0.4 is 5.32 Å². The van der Waals surface area contributed by atoms with Crippen LogP contribution in [-0.2, 0) is 12.3 Å². The van der Waals surface area contributed by atoms with Crippen LogP contribution in [0.2, 0.25) is 0 Å². The molecule has 0 spiro atoms. The highest BCUT2D eigenvalue weighted by atomic mass is 32.2. The summed E-state index contributed by atoms with van der Waals surface area (Å²) in [6.07, 6.45) is 1.18. The summed E-state index contributed by atoms with van der Waals surface area (Å²) < 4.78 is 0. The van der Waals surface area contributed by atoms with Gasteiger partial charge in [-0.2, -0.15) is 0 Å². The lowest BCUT2D eigenvalue weighted by Crippen LogP contribution is -2.14. The molecule has 0 aromatic heterocycles. The molecule has 2 aromatic carbocycles. The molecule has 0 amide bonds. The Bertz CT molecular complexity index is 522. The minimum absolute atomic E-state index is 0.965. The van der Waals surface area contributed by atoms with Crippen molar-refractivity contribution in [1.82, 2.24) is 5.32 Å². The van der Waals surface area contributed by atoms with E-state index in [0.717, 1.165) is 18.8 Å². The number of aryl methyl sites for hydroxylation is 1. The van der Waals surface area contributed by atoms with Gasteiger partial charge >= 0.3 is 0 Å². The minimum Gasteiger partial charge on any atom is -0.313 e. The number of rotatable bonds is 7. The van der Waals surface area contributed by atoms with E-state index in [4.69, 9.17) is 0 Å². The summed E-state index contributed by atoms with van der Waals surface area (Å²) in [6.45, 7) is 6.41. The molecule has 0 aliphatic heterocycles. The molecule has 0 bridgehead atoms. The third-order valence-electron chi connectivity index (χ3n) is 3.20. The maximum Gasteiger partial charge on any atom is 0.0232 e. The van der Waals surface area contributed by atoms with Crippen LogP contribution in [0.5, 0.6) is 0 Å². The predicted molar refractivity (Wildman–Crippen MR) is 89.2 cm³/mol. The molecule has 106 valence electrons. The van der Waals surface area contributed by atoms with Gasteiger partial charge in [0.25, 0.3) is 0 Å². The predicted octanol–water partition coefficient (Wildman–Crippen LogP) is 4.79. The summed E-state index contributed by atoms with van der Waals surface area (Å²) in [5.41, 5.74) is 4.13. The lowest BCUT2D eigenvalue weighted by molar-refractivity contribution is 0.669. The fourth-order valence-electron chi connectivity index (χ4n) is 2.12.